The fourth-order valence-corrected chi connectivity index (χ4v) is 4.75. The standard InChI is InChI=1S/C22H22N4O3.ClH/c27-22(14-5-7-16(8-6-14)26(28)29)23-15-9-11-25-12-10-18-17-3-1-2-4-19(17)24-21(18)20(25)13-15;/h1-8,15,20,24H,9-13H2,(H,23,27);1H/t15-,20+;/m1./s1. The number of nitro benzene ring substituents is 1. The maximum atomic E-state index is 12.6. The molecule has 3 aromatic rings. The molecule has 1 amide bonds. The molecule has 2 N–H and O–H groups in total. The van der Waals surface area contributed by atoms with E-state index in [2.05, 4.69) is 39.5 Å². The van der Waals surface area contributed by atoms with Crippen molar-refractivity contribution in [2.45, 2.75) is 31.3 Å². The topological polar surface area (TPSA) is 91.3 Å². The molecule has 2 atom stereocenters. The molecule has 2 aliphatic rings. The van der Waals surface area contributed by atoms with Crippen LogP contribution in [0.1, 0.15) is 40.5 Å². The monoisotopic (exact) mass is 426 g/mol. The van der Waals surface area contributed by atoms with Crippen molar-refractivity contribution in [1.82, 2.24) is 15.2 Å². The highest BCUT2D eigenvalue weighted by atomic mass is 35.5. The summed E-state index contributed by atoms with van der Waals surface area (Å²) in [4.78, 5) is 29.1. The van der Waals surface area contributed by atoms with Crippen molar-refractivity contribution >= 4 is 34.9 Å². The molecule has 0 bridgehead atoms. The maximum Gasteiger partial charge on any atom is 0.269 e. The Hall–Kier alpha value is -2.90. The molecule has 1 saturated heterocycles. The zero-order valence-corrected chi connectivity index (χ0v) is 17.2. The molecule has 0 radical (unpaired) electrons. The number of piperidine rings is 1. The molecule has 0 unspecified atom stereocenters. The van der Waals surface area contributed by atoms with Gasteiger partial charge in [-0.25, -0.2) is 0 Å². The van der Waals surface area contributed by atoms with E-state index in [0.717, 1.165) is 32.4 Å². The number of nitrogens with one attached hydrogen (secondary N) is 2. The van der Waals surface area contributed by atoms with Crippen LogP contribution in [-0.4, -0.2) is 39.8 Å². The minimum atomic E-state index is -0.460. The average Bonchev–Trinajstić information content (AvgIpc) is 3.13. The van der Waals surface area contributed by atoms with Gasteiger partial charge in [0.25, 0.3) is 11.6 Å². The number of hydrogen-bond donors (Lipinski definition) is 2. The first kappa shape index (κ1) is 20.4. The number of rotatable bonds is 3. The lowest BCUT2D eigenvalue weighted by molar-refractivity contribution is -0.384. The van der Waals surface area contributed by atoms with Gasteiger partial charge in [-0.1, -0.05) is 18.2 Å². The summed E-state index contributed by atoms with van der Waals surface area (Å²) in [7, 11) is 0. The Morgan fingerprint density at radius 3 is 2.67 bits per heavy atom. The molecular formula is C22H23ClN4O3. The second-order valence-corrected chi connectivity index (χ2v) is 7.86. The van der Waals surface area contributed by atoms with Crippen LogP contribution in [0.4, 0.5) is 5.69 Å². The van der Waals surface area contributed by atoms with Crippen LogP contribution < -0.4 is 5.32 Å². The Balaban J connectivity index is 0.00000218. The molecule has 1 aromatic heterocycles. The molecule has 0 spiro atoms. The zero-order chi connectivity index (χ0) is 20.0. The summed E-state index contributed by atoms with van der Waals surface area (Å²) in [5.74, 6) is -0.175. The zero-order valence-electron chi connectivity index (χ0n) is 16.3. The first-order valence-corrected chi connectivity index (χ1v) is 9.99. The highest BCUT2D eigenvalue weighted by molar-refractivity contribution is 5.94. The number of H-pyrrole nitrogens is 1. The van der Waals surface area contributed by atoms with E-state index in [1.807, 2.05) is 0 Å². The molecule has 1 fully saturated rings. The second kappa shape index (κ2) is 8.08. The number of aromatic nitrogens is 1. The molecule has 5 rings (SSSR count). The van der Waals surface area contributed by atoms with Gasteiger partial charge in [0.1, 0.15) is 0 Å². The molecule has 0 aliphatic carbocycles. The maximum absolute atomic E-state index is 12.6. The van der Waals surface area contributed by atoms with Gasteiger partial charge in [0.2, 0.25) is 0 Å². The Labute approximate surface area is 180 Å². The first-order chi connectivity index (χ1) is 14.1. The van der Waals surface area contributed by atoms with Crippen LogP contribution in [0.15, 0.2) is 48.5 Å². The van der Waals surface area contributed by atoms with Gasteiger partial charge >= 0.3 is 0 Å². The van der Waals surface area contributed by atoms with Gasteiger partial charge in [0, 0.05) is 53.4 Å². The smallest absolute Gasteiger partial charge is 0.269 e. The minimum Gasteiger partial charge on any atom is -0.357 e. The van der Waals surface area contributed by atoms with Crippen LogP contribution >= 0.6 is 12.4 Å². The SMILES string of the molecule is Cl.O=C(N[C@@H]1CCN2CCc3c([nH]c4ccccc34)[C@@H]2C1)c1ccc([N+](=O)[O-])cc1. The van der Waals surface area contributed by atoms with Crippen molar-refractivity contribution in [3.63, 3.8) is 0 Å². The lowest BCUT2D eigenvalue weighted by Gasteiger charge is -2.42. The molecule has 156 valence electrons. The van der Waals surface area contributed by atoms with E-state index in [-0.39, 0.29) is 36.1 Å². The number of nitro groups is 1. The van der Waals surface area contributed by atoms with Crippen LogP contribution in [0.25, 0.3) is 10.9 Å². The number of aromatic amines is 1. The van der Waals surface area contributed by atoms with Gasteiger partial charge in [-0.2, -0.15) is 0 Å². The van der Waals surface area contributed by atoms with E-state index in [1.165, 1.54) is 46.4 Å². The summed E-state index contributed by atoms with van der Waals surface area (Å²) in [5, 5.41) is 15.2. The highest BCUT2D eigenvalue weighted by Crippen LogP contribution is 2.39. The molecule has 2 aliphatic heterocycles. The summed E-state index contributed by atoms with van der Waals surface area (Å²) >= 11 is 0. The molecule has 30 heavy (non-hydrogen) atoms. The number of non-ortho nitro benzene ring substituents is 1. The second-order valence-electron chi connectivity index (χ2n) is 7.86. The number of para-hydroxylation sites is 1. The summed E-state index contributed by atoms with van der Waals surface area (Å²) in [6, 6.07) is 14.6. The number of carbonyl (C=O) groups excluding carboxylic acids is 1. The van der Waals surface area contributed by atoms with Gasteiger partial charge in [0.15, 0.2) is 0 Å². The third-order valence-electron chi connectivity index (χ3n) is 6.22. The number of nitrogens with zero attached hydrogens (tertiary/aromatic N) is 2. The summed E-state index contributed by atoms with van der Waals surface area (Å²) < 4.78 is 0. The van der Waals surface area contributed by atoms with Gasteiger partial charge in [0.05, 0.1) is 11.0 Å². The number of halogens is 1. The largest absolute Gasteiger partial charge is 0.357 e. The van der Waals surface area contributed by atoms with Gasteiger partial charge in [-0.15, -0.1) is 12.4 Å². The van der Waals surface area contributed by atoms with Crippen LogP contribution in [0.5, 0.6) is 0 Å². The van der Waals surface area contributed by atoms with E-state index >= 15 is 0 Å². The van der Waals surface area contributed by atoms with E-state index in [4.69, 9.17) is 0 Å². The van der Waals surface area contributed by atoms with Crippen molar-refractivity contribution in [2.24, 2.45) is 0 Å². The number of hydrogen-bond acceptors (Lipinski definition) is 4. The number of benzene rings is 2. The summed E-state index contributed by atoms with van der Waals surface area (Å²) in [6.45, 7) is 1.99. The van der Waals surface area contributed by atoms with Crippen LogP contribution in [0, 0.1) is 10.1 Å². The minimum absolute atomic E-state index is 0. The first-order valence-electron chi connectivity index (χ1n) is 9.99. The average molecular weight is 427 g/mol. The van der Waals surface area contributed by atoms with E-state index < -0.39 is 4.92 Å². The van der Waals surface area contributed by atoms with Gasteiger partial charge < -0.3 is 10.3 Å². The summed E-state index contributed by atoms with van der Waals surface area (Å²) in [6.07, 6.45) is 2.82. The quantitative estimate of drug-likeness (QED) is 0.489. The van der Waals surface area contributed by atoms with Crippen molar-refractivity contribution in [3.8, 4) is 0 Å². The highest BCUT2D eigenvalue weighted by Gasteiger charge is 2.36. The van der Waals surface area contributed by atoms with Crippen LogP contribution in [-0.2, 0) is 6.42 Å². The van der Waals surface area contributed by atoms with Crippen molar-refractivity contribution < 1.29 is 9.72 Å². The summed E-state index contributed by atoms with van der Waals surface area (Å²) in [5.41, 5.74) is 4.31. The lowest BCUT2D eigenvalue weighted by Crippen LogP contribution is -2.48. The molecule has 2 aromatic carbocycles. The third kappa shape index (κ3) is 3.55. The van der Waals surface area contributed by atoms with E-state index in [0.29, 0.717) is 5.56 Å². The Bertz CT molecular complexity index is 1100. The fraction of sp³-hybridized carbons (Fsp3) is 0.318. The fourth-order valence-electron chi connectivity index (χ4n) is 4.75. The van der Waals surface area contributed by atoms with E-state index in [9.17, 15) is 14.9 Å². The molecule has 7 nitrogen and oxygen atoms in total. The van der Waals surface area contributed by atoms with Crippen LogP contribution in [0.3, 0.4) is 0 Å². The number of fused-ring (bicyclic) bond motifs is 5. The predicted octanol–water partition coefficient (Wildman–Crippen LogP) is 3.99. The normalized spacial score (nSPS) is 20.7. The molecular weight excluding hydrogens is 404 g/mol. The third-order valence-corrected chi connectivity index (χ3v) is 6.22. The predicted molar refractivity (Wildman–Crippen MR) is 117 cm³/mol. The lowest BCUT2D eigenvalue weighted by atomic mass is 9.88. The molecule has 8 heteroatoms. The Morgan fingerprint density at radius 2 is 1.90 bits per heavy atom. The molecule has 3 heterocycles. The van der Waals surface area contributed by atoms with Crippen LogP contribution in [0.2, 0.25) is 0 Å². The van der Waals surface area contributed by atoms with Crippen molar-refractivity contribution in [1.29, 1.82) is 0 Å². The van der Waals surface area contributed by atoms with Crippen molar-refractivity contribution in [2.75, 3.05) is 13.1 Å². The van der Waals surface area contributed by atoms with Crippen molar-refractivity contribution in [3.05, 3.63) is 75.5 Å². The number of carbonyl (C=O) groups is 1. The Morgan fingerprint density at radius 1 is 1.13 bits per heavy atom. The van der Waals surface area contributed by atoms with E-state index in [1.54, 1.807) is 0 Å². The van der Waals surface area contributed by atoms with Gasteiger partial charge in [-0.05, 0) is 43.0 Å². The molecule has 0 saturated carbocycles. The number of amides is 1. The van der Waals surface area contributed by atoms with Gasteiger partial charge in [-0.3, -0.25) is 19.8 Å². The Kier molecular flexibility index (Phi) is 5.49.